The van der Waals surface area contributed by atoms with Crippen LogP contribution < -0.4 is 10.1 Å². The van der Waals surface area contributed by atoms with Gasteiger partial charge in [-0.05, 0) is 48.7 Å². The number of nitrogens with one attached hydrogen (secondary N) is 1. The van der Waals surface area contributed by atoms with Crippen LogP contribution in [-0.2, 0) is 4.79 Å². The van der Waals surface area contributed by atoms with E-state index in [2.05, 4.69) is 47.2 Å². The van der Waals surface area contributed by atoms with Crippen molar-refractivity contribution in [2.24, 2.45) is 0 Å². The molecule has 2 aromatic carbocycles. The predicted molar refractivity (Wildman–Crippen MR) is 91.7 cm³/mol. The second kappa shape index (κ2) is 5.76. The fourth-order valence-electron chi connectivity index (χ4n) is 3.03. The van der Waals surface area contributed by atoms with Gasteiger partial charge < -0.3 is 10.1 Å². The average Bonchev–Trinajstić information content (AvgIpc) is 2.50. The molecule has 1 amide bonds. The Balaban J connectivity index is 2.20. The first kappa shape index (κ1) is 15.1. The van der Waals surface area contributed by atoms with E-state index in [-0.39, 0.29) is 11.8 Å². The maximum Gasteiger partial charge on any atom is 0.225 e. The summed E-state index contributed by atoms with van der Waals surface area (Å²) in [5.41, 5.74) is 5.45. The number of hydrogen-bond acceptors (Lipinski definition) is 2. The molecule has 4 heteroatoms. The van der Waals surface area contributed by atoms with Crippen LogP contribution in [0.4, 0.5) is 5.69 Å². The van der Waals surface area contributed by atoms with Crippen LogP contribution in [0.2, 0.25) is 0 Å². The average molecular weight is 360 g/mol. The minimum atomic E-state index is 0.00972. The normalized spacial score (nSPS) is 16.9. The third-order valence-electron chi connectivity index (χ3n) is 4.36. The van der Waals surface area contributed by atoms with Crippen molar-refractivity contribution in [1.29, 1.82) is 0 Å². The Kier molecular flexibility index (Phi) is 3.96. The third kappa shape index (κ3) is 2.52. The van der Waals surface area contributed by atoms with E-state index in [1.807, 2.05) is 18.2 Å². The number of ether oxygens (including phenoxy) is 1. The number of amides is 1. The van der Waals surface area contributed by atoms with Gasteiger partial charge in [0.25, 0.3) is 0 Å². The molecule has 0 bridgehead atoms. The van der Waals surface area contributed by atoms with Crippen LogP contribution in [0.3, 0.4) is 0 Å². The molecule has 114 valence electrons. The minimum absolute atomic E-state index is 0.00972. The van der Waals surface area contributed by atoms with Gasteiger partial charge in [0.1, 0.15) is 5.75 Å². The van der Waals surface area contributed by atoms with E-state index >= 15 is 0 Å². The van der Waals surface area contributed by atoms with Crippen molar-refractivity contribution in [2.75, 3.05) is 12.4 Å². The van der Waals surface area contributed by atoms with Gasteiger partial charge in [-0.2, -0.15) is 0 Å². The molecule has 0 radical (unpaired) electrons. The Labute approximate surface area is 138 Å². The Morgan fingerprint density at radius 1 is 1.18 bits per heavy atom. The first-order valence-corrected chi connectivity index (χ1v) is 8.04. The maximum absolute atomic E-state index is 12.2. The summed E-state index contributed by atoms with van der Waals surface area (Å²) in [6.07, 6.45) is 0.433. The molecular formula is C18H18BrNO2. The summed E-state index contributed by atoms with van der Waals surface area (Å²) in [4.78, 5) is 12.2. The van der Waals surface area contributed by atoms with Crippen molar-refractivity contribution < 1.29 is 9.53 Å². The van der Waals surface area contributed by atoms with Crippen LogP contribution in [0, 0.1) is 13.8 Å². The molecule has 2 aromatic rings. The topological polar surface area (TPSA) is 38.3 Å². The van der Waals surface area contributed by atoms with Crippen LogP contribution in [0.25, 0.3) is 0 Å². The standard InChI is InChI=1S/C18H18BrNO2/c1-10-4-6-13-14(9-17(21)20-18(13)11(10)2)15-8-12(19)5-7-16(15)22-3/h4-8,14H,9H2,1-3H3,(H,20,21)/t14-/m1/s1. The van der Waals surface area contributed by atoms with E-state index in [0.29, 0.717) is 6.42 Å². The van der Waals surface area contributed by atoms with Gasteiger partial charge in [0.15, 0.2) is 0 Å². The van der Waals surface area contributed by atoms with Gasteiger partial charge in [-0.1, -0.05) is 28.1 Å². The molecule has 1 heterocycles. The molecule has 1 aliphatic heterocycles. The lowest BCUT2D eigenvalue weighted by molar-refractivity contribution is -0.116. The number of rotatable bonds is 2. The summed E-state index contributed by atoms with van der Waals surface area (Å²) in [5, 5.41) is 3.03. The monoisotopic (exact) mass is 359 g/mol. The van der Waals surface area contributed by atoms with Gasteiger partial charge >= 0.3 is 0 Å². The summed E-state index contributed by atoms with van der Waals surface area (Å²) in [7, 11) is 1.66. The molecule has 1 N–H and O–H groups in total. The van der Waals surface area contributed by atoms with Crippen molar-refractivity contribution >= 4 is 27.5 Å². The summed E-state index contributed by atoms with van der Waals surface area (Å²) >= 11 is 3.52. The highest BCUT2D eigenvalue weighted by molar-refractivity contribution is 9.10. The Hall–Kier alpha value is -1.81. The number of anilines is 1. The SMILES string of the molecule is COc1ccc(Br)cc1[C@@H]1CC(=O)Nc2c1ccc(C)c2C. The van der Waals surface area contributed by atoms with Crippen molar-refractivity contribution in [1.82, 2.24) is 0 Å². The molecule has 3 nitrogen and oxygen atoms in total. The zero-order chi connectivity index (χ0) is 15.9. The minimum Gasteiger partial charge on any atom is -0.496 e. The zero-order valence-electron chi connectivity index (χ0n) is 12.9. The Bertz CT molecular complexity index is 755. The molecule has 0 aliphatic carbocycles. The van der Waals surface area contributed by atoms with E-state index in [9.17, 15) is 4.79 Å². The third-order valence-corrected chi connectivity index (χ3v) is 4.86. The van der Waals surface area contributed by atoms with E-state index in [1.54, 1.807) is 7.11 Å². The zero-order valence-corrected chi connectivity index (χ0v) is 14.5. The van der Waals surface area contributed by atoms with E-state index < -0.39 is 0 Å². The van der Waals surface area contributed by atoms with Crippen LogP contribution >= 0.6 is 15.9 Å². The summed E-state index contributed by atoms with van der Waals surface area (Å²) in [6.45, 7) is 4.11. The summed E-state index contributed by atoms with van der Waals surface area (Å²) in [5.74, 6) is 0.871. The lowest BCUT2D eigenvalue weighted by Crippen LogP contribution is -2.24. The highest BCUT2D eigenvalue weighted by Crippen LogP contribution is 2.43. The first-order valence-electron chi connectivity index (χ1n) is 7.24. The molecule has 0 unspecified atom stereocenters. The maximum atomic E-state index is 12.2. The highest BCUT2D eigenvalue weighted by atomic mass is 79.9. The molecule has 22 heavy (non-hydrogen) atoms. The molecule has 0 fully saturated rings. The van der Waals surface area contributed by atoms with Crippen molar-refractivity contribution in [2.45, 2.75) is 26.2 Å². The largest absolute Gasteiger partial charge is 0.496 e. The van der Waals surface area contributed by atoms with Crippen LogP contribution in [0.1, 0.15) is 34.6 Å². The quantitative estimate of drug-likeness (QED) is 0.853. The van der Waals surface area contributed by atoms with Gasteiger partial charge in [-0.3, -0.25) is 4.79 Å². The van der Waals surface area contributed by atoms with Gasteiger partial charge in [0, 0.05) is 28.1 Å². The second-order valence-electron chi connectivity index (χ2n) is 5.66. The van der Waals surface area contributed by atoms with Crippen LogP contribution in [-0.4, -0.2) is 13.0 Å². The van der Waals surface area contributed by atoms with E-state index in [1.165, 1.54) is 5.56 Å². The van der Waals surface area contributed by atoms with Crippen LogP contribution in [0.5, 0.6) is 5.75 Å². The van der Waals surface area contributed by atoms with Gasteiger partial charge in [0.2, 0.25) is 5.91 Å². The van der Waals surface area contributed by atoms with Crippen molar-refractivity contribution in [3.8, 4) is 5.75 Å². The van der Waals surface area contributed by atoms with Crippen molar-refractivity contribution in [3.05, 3.63) is 57.1 Å². The fourth-order valence-corrected chi connectivity index (χ4v) is 3.41. The lowest BCUT2D eigenvalue weighted by Gasteiger charge is -2.29. The Morgan fingerprint density at radius 3 is 2.68 bits per heavy atom. The molecule has 3 rings (SSSR count). The lowest BCUT2D eigenvalue weighted by atomic mass is 9.82. The number of methoxy groups -OCH3 is 1. The molecule has 1 atom stereocenters. The molecule has 0 saturated carbocycles. The number of halogens is 1. The summed E-state index contributed by atoms with van der Waals surface area (Å²) in [6, 6.07) is 10.2. The van der Waals surface area contributed by atoms with Crippen molar-refractivity contribution in [3.63, 3.8) is 0 Å². The molecule has 0 saturated heterocycles. The molecular weight excluding hydrogens is 342 g/mol. The first-order chi connectivity index (χ1) is 10.5. The summed E-state index contributed by atoms with van der Waals surface area (Å²) < 4.78 is 6.49. The molecule has 0 aromatic heterocycles. The van der Waals surface area contributed by atoms with Gasteiger partial charge in [0.05, 0.1) is 7.11 Å². The van der Waals surface area contributed by atoms with E-state index in [4.69, 9.17) is 4.74 Å². The van der Waals surface area contributed by atoms with Crippen LogP contribution in [0.15, 0.2) is 34.8 Å². The smallest absolute Gasteiger partial charge is 0.225 e. The predicted octanol–water partition coefficient (Wildman–Crippen LogP) is 4.55. The number of aryl methyl sites for hydroxylation is 1. The highest BCUT2D eigenvalue weighted by Gasteiger charge is 2.29. The number of carbonyl (C=O) groups is 1. The number of benzene rings is 2. The number of carbonyl (C=O) groups excluding carboxylic acids is 1. The van der Waals surface area contributed by atoms with Gasteiger partial charge in [-0.15, -0.1) is 0 Å². The Morgan fingerprint density at radius 2 is 1.95 bits per heavy atom. The fraction of sp³-hybridized carbons (Fsp3) is 0.278. The van der Waals surface area contributed by atoms with E-state index in [0.717, 1.165) is 32.6 Å². The molecule has 0 spiro atoms. The molecule has 1 aliphatic rings. The van der Waals surface area contributed by atoms with Gasteiger partial charge in [-0.25, -0.2) is 0 Å². The number of fused-ring (bicyclic) bond motifs is 1. The second-order valence-corrected chi connectivity index (χ2v) is 6.58. The number of hydrogen-bond donors (Lipinski definition) is 1.